The van der Waals surface area contributed by atoms with Gasteiger partial charge < -0.3 is 24.8 Å². The molecule has 3 N–H and O–H groups in total. The highest BCUT2D eigenvalue weighted by Gasteiger charge is 2.36. The normalized spacial score (nSPS) is 17.8. The molecular weight excluding hydrogens is 587 g/mol. The molecule has 10 nitrogen and oxygen atoms in total. The van der Waals surface area contributed by atoms with Gasteiger partial charge in [-0.2, -0.15) is 0 Å². The molecule has 5 aromatic rings. The highest BCUT2D eigenvalue weighted by atomic mass is 19.1. The maximum atomic E-state index is 15.4. The fraction of sp³-hybridized carbons (Fsp3) is 0.314. The monoisotopic (exact) mass is 620 g/mol. The van der Waals surface area contributed by atoms with Crippen molar-refractivity contribution in [3.05, 3.63) is 89.1 Å². The third-order valence-corrected chi connectivity index (χ3v) is 9.07. The molecule has 8 rings (SSSR count). The molecule has 234 valence electrons. The predicted octanol–water partition coefficient (Wildman–Crippen LogP) is 4.80. The van der Waals surface area contributed by atoms with Gasteiger partial charge in [0, 0.05) is 42.3 Å². The number of halogens is 1. The predicted molar refractivity (Wildman–Crippen MR) is 170 cm³/mol. The lowest BCUT2D eigenvalue weighted by Gasteiger charge is -2.44. The van der Waals surface area contributed by atoms with Crippen LogP contribution in [0.25, 0.3) is 33.7 Å². The van der Waals surface area contributed by atoms with Gasteiger partial charge in [0.05, 0.1) is 41.5 Å². The second-order valence-electron chi connectivity index (χ2n) is 12.8. The van der Waals surface area contributed by atoms with Gasteiger partial charge in [0.2, 0.25) is 0 Å². The van der Waals surface area contributed by atoms with E-state index in [1.165, 1.54) is 17.3 Å². The highest BCUT2D eigenvalue weighted by Crippen LogP contribution is 2.43. The highest BCUT2D eigenvalue weighted by molar-refractivity contribution is 6.09. The summed E-state index contributed by atoms with van der Waals surface area (Å²) in [7, 11) is 0. The quantitative estimate of drug-likeness (QED) is 0.237. The molecule has 1 aliphatic carbocycles. The van der Waals surface area contributed by atoms with Crippen LogP contribution in [0.1, 0.15) is 52.7 Å². The maximum absolute atomic E-state index is 15.4. The van der Waals surface area contributed by atoms with Crippen LogP contribution in [0.5, 0.6) is 5.75 Å². The molecule has 11 heteroatoms. The molecule has 0 unspecified atom stereocenters. The van der Waals surface area contributed by atoms with Crippen molar-refractivity contribution in [1.29, 1.82) is 0 Å². The SMILES string of the molecule is CC1(O)CN(Cc2ccc(-c3cc4c(-c5cccc(N6CCOc7cc(C8CC8)cc(F)c7C6=O)c5CO)ncnc4[nH]3)nc2)C1. The van der Waals surface area contributed by atoms with E-state index in [2.05, 4.69) is 24.8 Å². The number of carbonyl (C=O) groups excluding carboxylic acids is 1. The van der Waals surface area contributed by atoms with Crippen molar-refractivity contribution in [2.75, 3.05) is 31.1 Å². The maximum Gasteiger partial charge on any atom is 0.265 e. The number of β-amino-alcohol motifs (C(OH)–C–C–N with tert-alkyl or cyclic N) is 1. The van der Waals surface area contributed by atoms with E-state index in [9.17, 15) is 15.0 Å². The number of hydrogen-bond acceptors (Lipinski definition) is 8. The largest absolute Gasteiger partial charge is 0.491 e. The Hall–Kier alpha value is -4.71. The van der Waals surface area contributed by atoms with Gasteiger partial charge in [-0.1, -0.05) is 18.2 Å². The number of pyridine rings is 1. The third kappa shape index (κ3) is 5.10. The van der Waals surface area contributed by atoms with E-state index in [-0.39, 0.29) is 31.1 Å². The molecule has 0 spiro atoms. The molecule has 3 aromatic heterocycles. The van der Waals surface area contributed by atoms with Crippen molar-refractivity contribution in [1.82, 2.24) is 24.8 Å². The Morgan fingerprint density at radius 1 is 1.11 bits per heavy atom. The lowest BCUT2D eigenvalue weighted by atomic mass is 9.96. The zero-order chi connectivity index (χ0) is 31.6. The van der Waals surface area contributed by atoms with Crippen LogP contribution in [0, 0.1) is 5.82 Å². The molecule has 3 aliphatic rings. The number of aromatic nitrogens is 4. The molecule has 0 radical (unpaired) electrons. The summed E-state index contributed by atoms with van der Waals surface area (Å²) in [4.78, 5) is 34.5. The molecule has 1 saturated carbocycles. The summed E-state index contributed by atoms with van der Waals surface area (Å²) in [6.45, 7) is 3.84. The van der Waals surface area contributed by atoms with E-state index in [1.807, 2.05) is 37.4 Å². The van der Waals surface area contributed by atoms with Gasteiger partial charge in [-0.3, -0.25) is 14.7 Å². The number of H-pyrrole nitrogens is 1. The first kappa shape index (κ1) is 28.7. The Bertz CT molecular complexity index is 1980. The molecule has 0 atom stereocenters. The van der Waals surface area contributed by atoms with Crippen molar-refractivity contribution < 1.29 is 24.1 Å². The van der Waals surface area contributed by atoms with Crippen LogP contribution in [0.2, 0.25) is 0 Å². The van der Waals surface area contributed by atoms with Crippen molar-refractivity contribution in [2.24, 2.45) is 0 Å². The van der Waals surface area contributed by atoms with E-state index in [4.69, 9.17) is 4.74 Å². The van der Waals surface area contributed by atoms with Gasteiger partial charge in [0.1, 0.15) is 35.7 Å². The number of aliphatic hydroxyl groups excluding tert-OH is 1. The van der Waals surface area contributed by atoms with Crippen molar-refractivity contribution in [3.63, 3.8) is 0 Å². The molecule has 0 bridgehead atoms. The number of benzene rings is 2. The number of ether oxygens (including phenoxy) is 1. The fourth-order valence-electron chi connectivity index (χ4n) is 6.76. The average Bonchev–Trinajstić information content (AvgIpc) is 3.82. The molecule has 2 aliphatic heterocycles. The summed E-state index contributed by atoms with van der Waals surface area (Å²) in [5.41, 5.74) is 5.48. The number of aliphatic hydroxyl groups is 2. The molecule has 46 heavy (non-hydrogen) atoms. The van der Waals surface area contributed by atoms with Gasteiger partial charge in [0.25, 0.3) is 5.91 Å². The molecule has 1 saturated heterocycles. The zero-order valence-corrected chi connectivity index (χ0v) is 25.3. The second-order valence-corrected chi connectivity index (χ2v) is 12.8. The number of rotatable bonds is 7. The Labute approximate surface area is 264 Å². The van der Waals surface area contributed by atoms with Crippen LogP contribution in [0.4, 0.5) is 10.1 Å². The number of nitrogens with one attached hydrogen (secondary N) is 1. The standard InChI is InChI=1S/C35H33FN6O4/c1-35(45)17-41(18-35)15-20-5-8-27(37-14-20)28-13-24-32(38-19-39-33(24)40-28)23-3-2-4-29(25(23)16-43)42-9-10-46-30-12-22(21-6-7-21)11-26(36)31(30)34(42)44/h2-5,8,11-14,19,21,43,45H,6-7,9-10,15-18H2,1H3,(H,38,39,40). The number of hydrogen-bond donors (Lipinski definition) is 3. The number of aromatic amines is 1. The summed E-state index contributed by atoms with van der Waals surface area (Å²) < 4.78 is 21.3. The van der Waals surface area contributed by atoms with E-state index in [0.717, 1.165) is 47.3 Å². The average molecular weight is 621 g/mol. The van der Waals surface area contributed by atoms with Crippen molar-refractivity contribution in [3.8, 4) is 28.4 Å². The van der Waals surface area contributed by atoms with E-state index >= 15 is 4.39 Å². The minimum Gasteiger partial charge on any atom is -0.491 e. The zero-order valence-electron chi connectivity index (χ0n) is 25.3. The first-order chi connectivity index (χ1) is 22.3. The number of likely N-dealkylation sites (tertiary alicyclic amines) is 1. The molecule has 2 aromatic carbocycles. The first-order valence-corrected chi connectivity index (χ1v) is 15.5. The lowest BCUT2D eigenvalue weighted by molar-refractivity contribution is -0.0871. The van der Waals surface area contributed by atoms with Gasteiger partial charge in [-0.05, 0) is 67.1 Å². The lowest BCUT2D eigenvalue weighted by Crippen LogP contribution is -2.59. The van der Waals surface area contributed by atoms with Crippen molar-refractivity contribution >= 4 is 22.6 Å². The van der Waals surface area contributed by atoms with Crippen LogP contribution in [0.15, 0.2) is 61.1 Å². The van der Waals surface area contributed by atoms with Gasteiger partial charge in [-0.25, -0.2) is 14.4 Å². The molecule has 5 heterocycles. The number of amides is 1. The van der Waals surface area contributed by atoms with Crippen molar-refractivity contribution in [2.45, 2.75) is 44.4 Å². The van der Waals surface area contributed by atoms with Gasteiger partial charge in [-0.15, -0.1) is 0 Å². The first-order valence-electron chi connectivity index (χ1n) is 15.5. The van der Waals surface area contributed by atoms with Gasteiger partial charge in [0.15, 0.2) is 0 Å². The Kier molecular flexibility index (Phi) is 6.86. The number of fused-ring (bicyclic) bond motifs is 2. The van der Waals surface area contributed by atoms with Crippen LogP contribution >= 0.6 is 0 Å². The summed E-state index contributed by atoms with van der Waals surface area (Å²) >= 11 is 0. The van der Waals surface area contributed by atoms with E-state index < -0.39 is 17.3 Å². The molecule has 2 fully saturated rings. The van der Waals surface area contributed by atoms with Crippen LogP contribution in [0.3, 0.4) is 0 Å². The number of nitrogens with zero attached hydrogens (tertiary/aromatic N) is 5. The van der Waals surface area contributed by atoms with Crippen LogP contribution in [-0.2, 0) is 13.2 Å². The summed E-state index contributed by atoms with van der Waals surface area (Å²) in [5.74, 6) is -0.515. The minimum absolute atomic E-state index is 0.0915. The van der Waals surface area contributed by atoms with Crippen LogP contribution < -0.4 is 9.64 Å². The Morgan fingerprint density at radius 3 is 2.70 bits per heavy atom. The topological polar surface area (TPSA) is 128 Å². The Balaban J connectivity index is 1.12. The van der Waals surface area contributed by atoms with Crippen LogP contribution in [-0.4, -0.2) is 72.8 Å². The Morgan fingerprint density at radius 2 is 1.96 bits per heavy atom. The summed E-state index contributed by atoms with van der Waals surface area (Å²) in [5, 5.41) is 21.4. The fourth-order valence-corrected chi connectivity index (χ4v) is 6.76. The smallest absolute Gasteiger partial charge is 0.265 e. The molecule has 1 amide bonds. The van der Waals surface area contributed by atoms with Gasteiger partial charge >= 0.3 is 0 Å². The van der Waals surface area contributed by atoms with E-state index in [0.29, 0.717) is 47.2 Å². The summed E-state index contributed by atoms with van der Waals surface area (Å²) in [6, 6.07) is 14.5. The molecular formula is C35H33FN6O4. The van der Waals surface area contributed by atoms with E-state index in [1.54, 1.807) is 18.2 Å². The summed E-state index contributed by atoms with van der Waals surface area (Å²) in [6.07, 6.45) is 5.32. The number of carbonyl (C=O) groups is 1. The number of anilines is 1. The third-order valence-electron chi connectivity index (χ3n) is 9.07. The minimum atomic E-state index is -0.619. The second kappa shape index (κ2) is 11.0.